The largest absolute Gasteiger partial charge is 0.430 e. The average molecular weight is 278 g/mol. The van der Waals surface area contributed by atoms with E-state index in [0.717, 1.165) is 0 Å². The minimum absolute atomic E-state index is 0.145. The first-order chi connectivity index (χ1) is 9.51. The molecule has 0 fully saturated rings. The molecule has 20 heavy (non-hydrogen) atoms. The molecule has 0 spiro atoms. The molecule has 0 aromatic carbocycles. The highest BCUT2D eigenvalue weighted by atomic mass is 16.6. The Balaban J connectivity index is 2.32. The van der Waals surface area contributed by atoms with Crippen molar-refractivity contribution in [3.8, 4) is 11.6 Å². The number of nitrogen functional groups attached to an aromatic ring is 1. The Bertz CT molecular complexity index is 624. The molecule has 0 saturated carbocycles. The van der Waals surface area contributed by atoms with E-state index in [1.165, 1.54) is 18.3 Å². The lowest BCUT2D eigenvalue weighted by Gasteiger charge is -2.05. The lowest BCUT2D eigenvalue weighted by atomic mass is 10.4. The van der Waals surface area contributed by atoms with E-state index < -0.39 is 4.92 Å². The van der Waals surface area contributed by atoms with Gasteiger partial charge in [0.1, 0.15) is 5.82 Å². The Morgan fingerprint density at radius 3 is 2.80 bits per heavy atom. The molecular weight excluding hydrogens is 264 g/mol. The van der Waals surface area contributed by atoms with Gasteiger partial charge < -0.3 is 10.2 Å². The zero-order valence-electron chi connectivity index (χ0n) is 11.0. The molecule has 2 aromatic rings. The molecule has 9 heteroatoms. The van der Waals surface area contributed by atoms with E-state index in [0.29, 0.717) is 5.75 Å². The highest BCUT2D eigenvalue weighted by Crippen LogP contribution is 2.30. The fourth-order valence-corrected chi connectivity index (χ4v) is 1.49. The lowest BCUT2D eigenvalue weighted by molar-refractivity contribution is -0.386. The van der Waals surface area contributed by atoms with Crippen LogP contribution in [-0.4, -0.2) is 19.7 Å². The summed E-state index contributed by atoms with van der Waals surface area (Å²) in [5, 5.41) is 15.0. The Kier molecular flexibility index (Phi) is 3.80. The minimum Gasteiger partial charge on any atom is -0.430 e. The number of nitrogens with zero attached hydrogens (tertiary/aromatic N) is 4. The SMILES string of the molecule is CC(C)n1cc(Oc2nc(NN)ccc2[N+](=O)[O-])cn1. The number of aromatic nitrogens is 3. The number of ether oxygens (including phenoxy) is 1. The monoisotopic (exact) mass is 278 g/mol. The number of nitrogens with one attached hydrogen (secondary N) is 1. The Morgan fingerprint density at radius 2 is 2.25 bits per heavy atom. The van der Waals surface area contributed by atoms with E-state index in [4.69, 9.17) is 10.6 Å². The number of anilines is 1. The number of pyridine rings is 1. The van der Waals surface area contributed by atoms with Gasteiger partial charge in [-0.2, -0.15) is 10.1 Å². The number of nitro groups is 1. The van der Waals surface area contributed by atoms with Crippen LogP contribution in [0.4, 0.5) is 11.5 Å². The van der Waals surface area contributed by atoms with Gasteiger partial charge in [0, 0.05) is 12.1 Å². The standard InChI is InChI=1S/C11H14N6O3/c1-7(2)16-6-8(5-13-16)20-11-9(17(18)19)3-4-10(14-11)15-12/h3-7H,12H2,1-2H3,(H,14,15). The summed E-state index contributed by atoms with van der Waals surface area (Å²) >= 11 is 0. The summed E-state index contributed by atoms with van der Waals surface area (Å²) in [7, 11) is 0. The molecule has 0 aliphatic carbocycles. The first-order valence-corrected chi connectivity index (χ1v) is 5.85. The Hall–Kier alpha value is -2.68. The van der Waals surface area contributed by atoms with Crippen LogP contribution in [0.15, 0.2) is 24.5 Å². The van der Waals surface area contributed by atoms with Crippen LogP contribution in [-0.2, 0) is 0 Å². The predicted molar refractivity (Wildman–Crippen MR) is 71.4 cm³/mol. The van der Waals surface area contributed by atoms with Crippen molar-refractivity contribution in [3.05, 3.63) is 34.6 Å². The Morgan fingerprint density at radius 1 is 1.50 bits per heavy atom. The summed E-state index contributed by atoms with van der Waals surface area (Å²) in [6.07, 6.45) is 3.10. The van der Waals surface area contributed by atoms with Crippen molar-refractivity contribution >= 4 is 11.5 Å². The highest BCUT2D eigenvalue weighted by molar-refractivity contribution is 5.49. The zero-order chi connectivity index (χ0) is 14.7. The summed E-state index contributed by atoms with van der Waals surface area (Å²) in [5.41, 5.74) is 2.06. The topological polar surface area (TPSA) is 121 Å². The predicted octanol–water partition coefficient (Wildman–Crippen LogP) is 1.85. The van der Waals surface area contributed by atoms with Crippen molar-refractivity contribution in [2.75, 3.05) is 5.43 Å². The molecule has 9 nitrogen and oxygen atoms in total. The van der Waals surface area contributed by atoms with E-state index in [1.54, 1.807) is 10.9 Å². The van der Waals surface area contributed by atoms with Crippen molar-refractivity contribution in [3.63, 3.8) is 0 Å². The smallest absolute Gasteiger partial charge is 0.331 e. The van der Waals surface area contributed by atoms with Gasteiger partial charge in [-0.15, -0.1) is 0 Å². The van der Waals surface area contributed by atoms with Crippen molar-refractivity contribution in [2.24, 2.45) is 5.84 Å². The van der Waals surface area contributed by atoms with Gasteiger partial charge in [-0.05, 0) is 19.9 Å². The molecule has 0 radical (unpaired) electrons. The summed E-state index contributed by atoms with van der Waals surface area (Å²) in [6.45, 7) is 3.91. The van der Waals surface area contributed by atoms with Crippen LogP contribution in [0, 0.1) is 10.1 Å². The number of hydrogen-bond acceptors (Lipinski definition) is 7. The maximum atomic E-state index is 10.9. The number of hydrazine groups is 1. The van der Waals surface area contributed by atoms with Crippen LogP contribution in [0.2, 0.25) is 0 Å². The van der Waals surface area contributed by atoms with E-state index in [-0.39, 0.29) is 23.4 Å². The fourth-order valence-electron chi connectivity index (χ4n) is 1.49. The lowest BCUT2D eigenvalue weighted by Crippen LogP contribution is -2.09. The molecule has 2 rings (SSSR count). The quantitative estimate of drug-likeness (QED) is 0.486. The van der Waals surface area contributed by atoms with Crippen LogP contribution in [0.5, 0.6) is 11.6 Å². The molecule has 106 valence electrons. The molecule has 2 heterocycles. The summed E-state index contributed by atoms with van der Waals surface area (Å²) in [5.74, 6) is 5.71. The third-order valence-corrected chi connectivity index (χ3v) is 2.51. The van der Waals surface area contributed by atoms with Gasteiger partial charge in [0.25, 0.3) is 0 Å². The first kappa shape index (κ1) is 13.7. The second kappa shape index (κ2) is 5.53. The summed E-state index contributed by atoms with van der Waals surface area (Å²) < 4.78 is 7.09. The van der Waals surface area contributed by atoms with Gasteiger partial charge in [0.15, 0.2) is 5.75 Å². The minimum atomic E-state index is -0.574. The second-order valence-electron chi connectivity index (χ2n) is 4.27. The van der Waals surface area contributed by atoms with Gasteiger partial charge >= 0.3 is 11.6 Å². The molecule has 0 aliphatic rings. The van der Waals surface area contributed by atoms with Gasteiger partial charge in [-0.3, -0.25) is 14.8 Å². The number of rotatable bonds is 5. The highest BCUT2D eigenvalue weighted by Gasteiger charge is 2.19. The molecule has 0 amide bonds. The Labute approximate surface area is 114 Å². The number of hydrogen-bond donors (Lipinski definition) is 2. The normalized spacial score (nSPS) is 10.6. The number of nitrogens with two attached hydrogens (primary N) is 1. The molecule has 2 aromatic heterocycles. The van der Waals surface area contributed by atoms with Gasteiger partial charge in [-0.1, -0.05) is 0 Å². The maximum absolute atomic E-state index is 10.9. The third-order valence-electron chi connectivity index (χ3n) is 2.51. The van der Waals surface area contributed by atoms with E-state index >= 15 is 0 Å². The van der Waals surface area contributed by atoms with E-state index in [9.17, 15) is 10.1 Å². The third kappa shape index (κ3) is 2.83. The van der Waals surface area contributed by atoms with Crippen LogP contribution in [0.25, 0.3) is 0 Å². The molecule has 0 aliphatic heterocycles. The second-order valence-corrected chi connectivity index (χ2v) is 4.27. The molecule has 0 atom stereocenters. The van der Waals surface area contributed by atoms with Crippen molar-refractivity contribution < 1.29 is 9.66 Å². The van der Waals surface area contributed by atoms with Crippen molar-refractivity contribution in [1.82, 2.24) is 14.8 Å². The van der Waals surface area contributed by atoms with Crippen LogP contribution < -0.4 is 16.0 Å². The van der Waals surface area contributed by atoms with Crippen molar-refractivity contribution in [1.29, 1.82) is 0 Å². The first-order valence-electron chi connectivity index (χ1n) is 5.85. The average Bonchev–Trinajstić information content (AvgIpc) is 2.87. The van der Waals surface area contributed by atoms with Crippen LogP contribution in [0.3, 0.4) is 0 Å². The molecule has 0 saturated heterocycles. The maximum Gasteiger partial charge on any atom is 0.331 e. The van der Waals surface area contributed by atoms with Gasteiger partial charge in [0.05, 0.1) is 17.3 Å². The van der Waals surface area contributed by atoms with Gasteiger partial charge in [-0.25, -0.2) is 5.84 Å². The summed E-state index contributed by atoms with van der Waals surface area (Å²) in [4.78, 5) is 14.3. The zero-order valence-corrected chi connectivity index (χ0v) is 11.0. The van der Waals surface area contributed by atoms with Crippen LogP contribution in [0.1, 0.15) is 19.9 Å². The van der Waals surface area contributed by atoms with Crippen molar-refractivity contribution in [2.45, 2.75) is 19.9 Å². The molecule has 3 N–H and O–H groups in total. The van der Waals surface area contributed by atoms with Crippen LogP contribution >= 0.6 is 0 Å². The van der Waals surface area contributed by atoms with E-state index in [2.05, 4.69) is 15.5 Å². The fraction of sp³-hybridized carbons (Fsp3) is 0.273. The summed E-state index contributed by atoms with van der Waals surface area (Å²) in [6, 6.07) is 2.82. The van der Waals surface area contributed by atoms with E-state index in [1.807, 2.05) is 13.8 Å². The molecule has 0 bridgehead atoms. The molecule has 0 unspecified atom stereocenters. The molecular formula is C11H14N6O3. The van der Waals surface area contributed by atoms with Gasteiger partial charge in [0.2, 0.25) is 0 Å².